The summed E-state index contributed by atoms with van der Waals surface area (Å²) in [4.78, 5) is 39.7. The van der Waals surface area contributed by atoms with E-state index >= 15 is 0 Å². The van der Waals surface area contributed by atoms with Gasteiger partial charge in [0.2, 0.25) is 5.91 Å². The van der Waals surface area contributed by atoms with E-state index in [1.165, 1.54) is 5.56 Å². The number of urea groups is 1. The number of imide groups is 1. The number of amides is 4. The van der Waals surface area contributed by atoms with E-state index in [1.807, 2.05) is 63.2 Å². The Morgan fingerprint density at radius 2 is 1.93 bits per heavy atom. The van der Waals surface area contributed by atoms with Crippen LogP contribution in [0.3, 0.4) is 0 Å². The van der Waals surface area contributed by atoms with Crippen LogP contribution in [0.25, 0.3) is 0 Å². The van der Waals surface area contributed by atoms with Crippen molar-refractivity contribution in [2.75, 3.05) is 6.54 Å². The van der Waals surface area contributed by atoms with Gasteiger partial charge in [0.25, 0.3) is 5.91 Å². The molecule has 1 aliphatic carbocycles. The van der Waals surface area contributed by atoms with E-state index in [-0.39, 0.29) is 24.4 Å². The van der Waals surface area contributed by atoms with Crippen molar-refractivity contribution in [3.05, 3.63) is 70.3 Å². The summed E-state index contributed by atoms with van der Waals surface area (Å²) in [6, 6.07) is 13.0. The highest BCUT2D eigenvalue weighted by molar-refractivity contribution is 6.09. The topological polar surface area (TPSA) is 78.5 Å². The summed E-state index contributed by atoms with van der Waals surface area (Å²) in [6.45, 7) is 5.68. The SMILES string of the molecule is Cc1ccc([C@@H](C)NC(=O)CN2C(=O)N[C@@]3(CCCc4ccccc43)C2=O)cc1C. The number of aryl methyl sites for hydroxylation is 3. The van der Waals surface area contributed by atoms with Crippen molar-refractivity contribution in [2.24, 2.45) is 0 Å². The smallest absolute Gasteiger partial charge is 0.325 e. The van der Waals surface area contributed by atoms with Crippen LogP contribution < -0.4 is 10.6 Å². The molecule has 0 aromatic heterocycles. The van der Waals surface area contributed by atoms with Gasteiger partial charge in [0.1, 0.15) is 12.1 Å². The van der Waals surface area contributed by atoms with Crippen molar-refractivity contribution in [2.45, 2.75) is 51.6 Å². The second-order valence-electron chi connectivity index (χ2n) is 8.37. The molecule has 0 saturated carbocycles. The maximum atomic E-state index is 13.3. The first kappa shape index (κ1) is 20.1. The number of hydrogen-bond acceptors (Lipinski definition) is 3. The lowest BCUT2D eigenvalue weighted by Gasteiger charge is -2.33. The Hall–Kier alpha value is -3.15. The molecule has 1 fully saturated rings. The van der Waals surface area contributed by atoms with E-state index in [1.54, 1.807) is 0 Å². The molecule has 156 valence electrons. The number of nitrogens with zero attached hydrogens (tertiary/aromatic N) is 1. The number of nitrogens with one attached hydrogen (secondary N) is 2. The van der Waals surface area contributed by atoms with Crippen molar-refractivity contribution >= 4 is 17.8 Å². The zero-order chi connectivity index (χ0) is 21.5. The van der Waals surface area contributed by atoms with Crippen molar-refractivity contribution in [1.29, 1.82) is 0 Å². The summed E-state index contributed by atoms with van der Waals surface area (Å²) in [6.07, 6.45) is 2.24. The van der Waals surface area contributed by atoms with Crippen molar-refractivity contribution < 1.29 is 14.4 Å². The summed E-state index contributed by atoms with van der Waals surface area (Å²) in [5, 5.41) is 5.80. The summed E-state index contributed by atoms with van der Waals surface area (Å²) in [5.41, 5.74) is 4.20. The molecular weight excluding hydrogens is 378 g/mol. The Bertz CT molecular complexity index is 1030. The number of carbonyl (C=O) groups is 3. The van der Waals surface area contributed by atoms with E-state index < -0.39 is 11.6 Å². The fourth-order valence-electron chi connectivity index (χ4n) is 4.50. The number of hydrogen-bond donors (Lipinski definition) is 2. The van der Waals surface area contributed by atoms with Gasteiger partial charge in [-0.05, 0) is 67.9 Å². The third-order valence-electron chi connectivity index (χ3n) is 6.36. The predicted molar refractivity (Wildman–Crippen MR) is 114 cm³/mol. The Labute approximate surface area is 176 Å². The highest BCUT2D eigenvalue weighted by atomic mass is 16.2. The Kier molecular flexibility index (Phi) is 5.10. The molecule has 0 radical (unpaired) electrons. The monoisotopic (exact) mass is 405 g/mol. The van der Waals surface area contributed by atoms with Gasteiger partial charge in [-0.15, -0.1) is 0 Å². The Morgan fingerprint density at radius 3 is 2.70 bits per heavy atom. The van der Waals surface area contributed by atoms with Gasteiger partial charge in [-0.2, -0.15) is 0 Å². The van der Waals surface area contributed by atoms with Crippen LogP contribution in [-0.2, 0) is 21.5 Å². The van der Waals surface area contributed by atoms with E-state index in [0.717, 1.165) is 40.0 Å². The highest BCUT2D eigenvalue weighted by Gasteiger charge is 2.54. The van der Waals surface area contributed by atoms with Crippen LogP contribution in [0.1, 0.15) is 53.6 Å². The number of benzene rings is 2. The standard InChI is InChI=1S/C24H27N3O3/c1-15-10-11-19(13-16(15)2)17(3)25-21(28)14-27-22(29)24(26-23(27)30)12-6-8-18-7-4-5-9-20(18)24/h4-5,7,9-11,13,17H,6,8,12,14H2,1-3H3,(H,25,28)(H,26,30)/t17-,24-/m1/s1. The Morgan fingerprint density at radius 1 is 1.17 bits per heavy atom. The molecule has 6 nitrogen and oxygen atoms in total. The van der Waals surface area contributed by atoms with Crippen molar-refractivity contribution in [3.63, 3.8) is 0 Å². The van der Waals surface area contributed by atoms with Crippen LogP contribution in [-0.4, -0.2) is 29.3 Å². The molecule has 1 spiro atoms. The zero-order valence-electron chi connectivity index (χ0n) is 17.6. The molecule has 4 rings (SSSR count). The third-order valence-corrected chi connectivity index (χ3v) is 6.36. The van der Waals surface area contributed by atoms with Gasteiger partial charge in [-0.3, -0.25) is 14.5 Å². The molecule has 0 bridgehead atoms. The van der Waals surface area contributed by atoms with Crippen LogP contribution in [0.2, 0.25) is 0 Å². The molecule has 30 heavy (non-hydrogen) atoms. The maximum Gasteiger partial charge on any atom is 0.325 e. The normalized spacial score (nSPS) is 21.4. The fourth-order valence-corrected chi connectivity index (χ4v) is 4.50. The highest BCUT2D eigenvalue weighted by Crippen LogP contribution is 2.39. The van der Waals surface area contributed by atoms with Gasteiger partial charge in [-0.1, -0.05) is 42.5 Å². The molecule has 1 saturated heterocycles. The number of carbonyl (C=O) groups excluding carboxylic acids is 3. The molecular formula is C24H27N3O3. The van der Waals surface area contributed by atoms with Gasteiger partial charge in [-0.25, -0.2) is 4.79 Å². The van der Waals surface area contributed by atoms with Crippen LogP contribution in [0.5, 0.6) is 0 Å². The molecule has 2 aromatic rings. The van der Waals surface area contributed by atoms with Crippen LogP contribution >= 0.6 is 0 Å². The second-order valence-corrected chi connectivity index (χ2v) is 8.37. The van der Waals surface area contributed by atoms with Gasteiger partial charge in [0, 0.05) is 0 Å². The van der Waals surface area contributed by atoms with Crippen molar-refractivity contribution in [1.82, 2.24) is 15.5 Å². The minimum atomic E-state index is -1.05. The quantitative estimate of drug-likeness (QED) is 0.767. The van der Waals surface area contributed by atoms with Crippen LogP contribution in [0.4, 0.5) is 4.79 Å². The number of fused-ring (bicyclic) bond motifs is 2. The molecule has 2 atom stereocenters. The second kappa shape index (κ2) is 7.59. The Balaban J connectivity index is 1.49. The van der Waals surface area contributed by atoms with Gasteiger partial charge in [0.05, 0.1) is 6.04 Å². The van der Waals surface area contributed by atoms with Gasteiger partial charge < -0.3 is 10.6 Å². The minimum absolute atomic E-state index is 0.220. The van der Waals surface area contributed by atoms with Gasteiger partial charge in [0.15, 0.2) is 0 Å². The maximum absolute atomic E-state index is 13.3. The van der Waals surface area contributed by atoms with Crippen LogP contribution in [0, 0.1) is 13.8 Å². The molecule has 2 aliphatic rings. The lowest BCUT2D eigenvalue weighted by Crippen LogP contribution is -2.47. The first-order chi connectivity index (χ1) is 14.3. The lowest BCUT2D eigenvalue weighted by molar-refractivity contribution is -0.135. The molecule has 6 heteroatoms. The van der Waals surface area contributed by atoms with Crippen LogP contribution in [0.15, 0.2) is 42.5 Å². The summed E-state index contributed by atoms with van der Waals surface area (Å²) >= 11 is 0. The molecule has 1 heterocycles. The third kappa shape index (κ3) is 3.36. The summed E-state index contributed by atoms with van der Waals surface area (Å²) < 4.78 is 0. The molecule has 4 amide bonds. The lowest BCUT2D eigenvalue weighted by atomic mass is 9.76. The van der Waals surface area contributed by atoms with Gasteiger partial charge >= 0.3 is 6.03 Å². The first-order valence-corrected chi connectivity index (χ1v) is 10.4. The average Bonchev–Trinajstić information content (AvgIpc) is 2.95. The van der Waals surface area contributed by atoms with E-state index in [4.69, 9.17) is 0 Å². The summed E-state index contributed by atoms with van der Waals surface area (Å²) in [7, 11) is 0. The summed E-state index contributed by atoms with van der Waals surface area (Å²) in [5.74, 6) is -0.695. The van der Waals surface area contributed by atoms with E-state index in [2.05, 4.69) is 10.6 Å². The minimum Gasteiger partial charge on any atom is -0.348 e. The fraction of sp³-hybridized carbons (Fsp3) is 0.375. The zero-order valence-corrected chi connectivity index (χ0v) is 17.6. The van der Waals surface area contributed by atoms with E-state index in [0.29, 0.717) is 6.42 Å². The predicted octanol–water partition coefficient (Wildman–Crippen LogP) is 3.26. The number of rotatable bonds is 4. The first-order valence-electron chi connectivity index (χ1n) is 10.4. The largest absolute Gasteiger partial charge is 0.348 e. The molecule has 0 unspecified atom stereocenters. The van der Waals surface area contributed by atoms with Crippen molar-refractivity contribution in [3.8, 4) is 0 Å². The average molecular weight is 405 g/mol. The molecule has 2 aromatic carbocycles. The molecule has 2 N–H and O–H groups in total. The van der Waals surface area contributed by atoms with E-state index in [9.17, 15) is 14.4 Å². The molecule has 1 aliphatic heterocycles.